The lowest BCUT2D eigenvalue weighted by molar-refractivity contribution is -0.142. The van der Waals surface area contributed by atoms with Gasteiger partial charge in [0, 0.05) is 24.2 Å². The van der Waals surface area contributed by atoms with E-state index in [1.807, 2.05) is 0 Å². The molecule has 0 N–H and O–H groups in total. The van der Waals surface area contributed by atoms with Gasteiger partial charge in [-0.1, -0.05) is 12.2 Å². The molecule has 0 unspecified atom stereocenters. The van der Waals surface area contributed by atoms with Crippen LogP contribution in [0.15, 0.2) is 23.4 Å². The van der Waals surface area contributed by atoms with E-state index in [0.717, 1.165) is 0 Å². The molecule has 1 amide bonds. The number of hydrogen-bond acceptors (Lipinski definition) is 2. The standard InChI is InChI=1S/C12H12F3NO2/c13-12(14,15)6-3-7-16-9-5-2-1-4-8(9)10(17)11(16)18/h1,4H,2-3,5-7H2. The van der Waals surface area contributed by atoms with Crippen LogP contribution in [0.2, 0.25) is 0 Å². The molecule has 0 saturated heterocycles. The van der Waals surface area contributed by atoms with E-state index in [1.165, 1.54) is 4.90 Å². The summed E-state index contributed by atoms with van der Waals surface area (Å²) in [6.45, 7) is -0.0449. The van der Waals surface area contributed by atoms with Crippen LogP contribution in [0, 0.1) is 0 Å². The number of alkyl halides is 3. The number of rotatable bonds is 3. The highest BCUT2D eigenvalue weighted by Gasteiger charge is 2.37. The van der Waals surface area contributed by atoms with Gasteiger partial charge in [0.25, 0.3) is 11.7 Å². The first-order valence-electron chi connectivity index (χ1n) is 5.73. The first-order chi connectivity index (χ1) is 8.40. The molecule has 1 aliphatic heterocycles. The number of ketones is 1. The Bertz CT molecular complexity index is 449. The van der Waals surface area contributed by atoms with E-state index in [4.69, 9.17) is 0 Å². The molecule has 0 aromatic carbocycles. The summed E-state index contributed by atoms with van der Waals surface area (Å²) in [5.41, 5.74) is 0.924. The first kappa shape index (κ1) is 12.9. The molecule has 3 nitrogen and oxygen atoms in total. The van der Waals surface area contributed by atoms with Crippen LogP contribution in [0.5, 0.6) is 0 Å². The van der Waals surface area contributed by atoms with Crippen molar-refractivity contribution in [2.45, 2.75) is 31.9 Å². The van der Waals surface area contributed by atoms with Crippen molar-refractivity contribution in [2.24, 2.45) is 0 Å². The van der Waals surface area contributed by atoms with Gasteiger partial charge in [0.2, 0.25) is 0 Å². The van der Waals surface area contributed by atoms with Crippen molar-refractivity contribution in [3.05, 3.63) is 23.4 Å². The van der Waals surface area contributed by atoms with Crippen molar-refractivity contribution in [2.75, 3.05) is 6.54 Å². The Kier molecular flexibility index (Phi) is 3.28. The maximum atomic E-state index is 12.0. The second-order valence-electron chi connectivity index (χ2n) is 4.31. The SMILES string of the molecule is O=C1C(=O)N(CCCC(F)(F)F)C2=C1C=CCC2. The monoisotopic (exact) mass is 259 g/mol. The van der Waals surface area contributed by atoms with Crippen molar-refractivity contribution in [1.29, 1.82) is 0 Å². The minimum Gasteiger partial charge on any atom is -0.309 e. The summed E-state index contributed by atoms with van der Waals surface area (Å²) < 4.78 is 36.1. The fourth-order valence-corrected chi connectivity index (χ4v) is 2.17. The highest BCUT2D eigenvalue weighted by atomic mass is 19.4. The lowest BCUT2D eigenvalue weighted by Crippen LogP contribution is -2.30. The highest BCUT2D eigenvalue weighted by molar-refractivity contribution is 6.46. The Labute approximate surface area is 102 Å². The number of nitrogens with zero attached hydrogens (tertiary/aromatic N) is 1. The van der Waals surface area contributed by atoms with Gasteiger partial charge in [-0.3, -0.25) is 9.59 Å². The molecule has 0 saturated carbocycles. The summed E-state index contributed by atoms with van der Waals surface area (Å²) in [6.07, 6.45) is -0.723. The summed E-state index contributed by atoms with van der Waals surface area (Å²) in [7, 11) is 0. The van der Waals surface area contributed by atoms with E-state index < -0.39 is 24.3 Å². The summed E-state index contributed by atoms with van der Waals surface area (Å²) in [5, 5.41) is 0. The minimum atomic E-state index is -4.23. The van der Waals surface area contributed by atoms with Crippen LogP contribution in [-0.4, -0.2) is 29.3 Å². The van der Waals surface area contributed by atoms with Crippen LogP contribution < -0.4 is 0 Å². The van der Waals surface area contributed by atoms with Gasteiger partial charge in [0.05, 0.1) is 0 Å². The minimum absolute atomic E-state index is 0.0449. The molecule has 2 rings (SSSR count). The molecule has 0 bridgehead atoms. The van der Waals surface area contributed by atoms with Gasteiger partial charge < -0.3 is 4.90 Å². The normalized spacial score (nSPS) is 19.8. The molecule has 18 heavy (non-hydrogen) atoms. The topological polar surface area (TPSA) is 37.4 Å². The van der Waals surface area contributed by atoms with Gasteiger partial charge in [-0.05, 0) is 19.3 Å². The van der Waals surface area contributed by atoms with Gasteiger partial charge in [-0.2, -0.15) is 13.2 Å². The zero-order valence-electron chi connectivity index (χ0n) is 9.59. The molecular weight excluding hydrogens is 247 g/mol. The van der Waals surface area contributed by atoms with Crippen molar-refractivity contribution in [3.63, 3.8) is 0 Å². The number of allylic oxidation sites excluding steroid dienone is 3. The van der Waals surface area contributed by atoms with Crippen molar-refractivity contribution in [1.82, 2.24) is 4.90 Å². The number of hydrogen-bond donors (Lipinski definition) is 0. The zero-order chi connectivity index (χ0) is 13.3. The van der Waals surface area contributed by atoms with Crippen molar-refractivity contribution < 1.29 is 22.8 Å². The van der Waals surface area contributed by atoms with E-state index in [1.54, 1.807) is 12.2 Å². The Hall–Kier alpha value is -1.59. The van der Waals surface area contributed by atoms with E-state index in [9.17, 15) is 22.8 Å². The Balaban J connectivity index is 2.04. The smallest absolute Gasteiger partial charge is 0.309 e. The molecule has 0 aromatic heterocycles. The average molecular weight is 259 g/mol. The largest absolute Gasteiger partial charge is 0.389 e. The zero-order valence-corrected chi connectivity index (χ0v) is 9.59. The van der Waals surface area contributed by atoms with Crippen LogP contribution >= 0.6 is 0 Å². The Morgan fingerprint density at radius 2 is 2.00 bits per heavy atom. The Morgan fingerprint density at radius 3 is 2.67 bits per heavy atom. The maximum absolute atomic E-state index is 12.0. The molecule has 98 valence electrons. The molecule has 0 aromatic rings. The van der Waals surface area contributed by atoms with Crippen molar-refractivity contribution in [3.8, 4) is 0 Å². The van der Waals surface area contributed by atoms with Crippen LogP contribution in [0.3, 0.4) is 0 Å². The van der Waals surface area contributed by atoms with Gasteiger partial charge in [-0.25, -0.2) is 0 Å². The lowest BCUT2D eigenvalue weighted by Gasteiger charge is -2.20. The molecule has 1 heterocycles. The van der Waals surface area contributed by atoms with E-state index in [2.05, 4.69) is 0 Å². The van der Waals surface area contributed by atoms with Gasteiger partial charge in [0.15, 0.2) is 0 Å². The first-order valence-corrected chi connectivity index (χ1v) is 5.73. The Morgan fingerprint density at radius 1 is 1.28 bits per heavy atom. The second kappa shape index (κ2) is 4.59. The number of Topliss-reactive ketones (excluding diaryl/α,β-unsaturated/α-hetero) is 1. The third-order valence-electron chi connectivity index (χ3n) is 3.00. The summed E-state index contributed by atoms with van der Waals surface area (Å²) in [6, 6.07) is 0. The third-order valence-corrected chi connectivity index (χ3v) is 3.00. The molecule has 1 aliphatic carbocycles. The summed E-state index contributed by atoms with van der Waals surface area (Å²) in [5.74, 6) is -1.30. The predicted molar refractivity (Wildman–Crippen MR) is 57.4 cm³/mol. The molecule has 6 heteroatoms. The van der Waals surface area contributed by atoms with Crippen LogP contribution in [0.4, 0.5) is 13.2 Å². The number of amides is 1. The third kappa shape index (κ3) is 2.47. The fourth-order valence-electron chi connectivity index (χ4n) is 2.17. The number of halogens is 3. The number of carbonyl (C=O) groups is 2. The van der Waals surface area contributed by atoms with Crippen LogP contribution in [-0.2, 0) is 9.59 Å². The van der Waals surface area contributed by atoms with Gasteiger partial charge in [0.1, 0.15) is 0 Å². The predicted octanol–water partition coefficient (Wildman–Crippen LogP) is 2.34. The molecule has 0 radical (unpaired) electrons. The quantitative estimate of drug-likeness (QED) is 0.729. The lowest BCUT2D eigenvalue weighted by atomic mass is 10.0. The van der Waals surface area contributed by atoms with Gasteiger partial charge >= 0.3 is 6.18 Å². The average Bonchev–Trinajstić information content (AvgIpc) is 2.53. The molecule has 0 atom stereocenters. The summed E-state index contributed by atoms with van der Waals surface area (Å²) >= 11 is 0. The van der Waals surface area contributed by atoms with E-state index >= 15 is 0 Å². The number of carbonyl (C=O) groups excluding carboxylic acids is 2. The van der Waals surface area contributed by atoms with Crippen LogP contribution in [0.1, 0.15) is 25.7 Å². The molecule has 0 spiro atoms. The fraction of sp³-hybridized carbons (Fsp3) is 0.500. The van der Waals surface area contributed by atoms with Gasteiger partial charge in [-0.15, -0.1) is 0 Å². The van der Waals surface area contributed by atoms with Crippen LogP contribution in [0.25, 0.3) is 0 Å². The second-order valence-corrected chi connectivity index (χ2v) is 4.31. The van der Waals surface area contributed by atoms with Crippen molar-refractivity contribution >= 4 is 11.7 Å². The molecule has 0 fully saturated rings. The summed E-state index contributed by atoms with van der Waals surface area (Å²) in [4.78, 5) is 24.4. The maximum Gasteiger partial charge on any atom is 0.389 e. The van der Waals surface area contributed by atoms with E-state index in [0.29, 0.717) is 24.1 Å². The van der Waals surface area contributed by atoms with E-state index in [-0.39, 0.29) is 13.0 Å². The molecule has 2 aliphatic rings. The highest BCUT2D eigenvalue weighted by Crippen LogP contribution is 2.30. The molecular formula is C12H12F3NO2.